The Morgan fingerprint density at radius 1 is 1.05 bits per heavy atom. The molecular weight excluding hydrogens is 281 g/mol. The first-order valence-corrected chi connectivity index (χ1v) is 7.45. The fourth-order valence-electron chi connectivity index (χ4n) is 2.17. The zero-order chi connectivity index (χ0) is 15.9. The molecule has 0 aromatic heterocycles. The van der Waals surface area contributed by atoms with Gasteiger partial charge in [0.1, 0.15) is 18.2 Å². The third kappa shape index (κ3) is 5.04. The number of hydrogen-bond acceptors (Lipinski definition) is 3. The molecule has 2 N–H and O–H groups in total. The Balaban J connectivity index is 2.07. The molecule has 0 aliphatic carbocycles. The lowest BCUT2D eigenvalue weighted by molar-refractivity contribution is 0.261. The predicted octanol–water partition coefficient (Wildman–Crippen LogP) is 4.37. The summed E-state index contributed by atoms with van der Waals surface area (Å²) in [6.45, 7) is 4.60. The molecule has 0 aliphatic heterocycles. The molecule has 1 atom stereocenters. The molecule has 0 unspecified atom stereocenters. The second-order valence-electron chi connectivity index (χ2n) is 5.71. The van der Waals surface area contributed by atoms with Crippen LogP contribution in [0.15, 0.2) is 48.5 Å². The van der Waals surface area contributed by atoms with Gasteiger partial charge in [-0.15, -0.1) is 0 Å². The van der Waals surface area contributed by atoms with Crippen LogP contribution in [0.25, 0.3) is 0 Å². The number of rotatable bonds is 7. The van der Waals surface area contributed by atoms with E-state index in [1.54, 1.807) is 18.2 Å². The normalized spacial score (nSPS) is 12.2. The van der Waals surface area contributed by atoms with Crippen LogP contribution in [0, 0.1) is 11.7 Å². The largest absolute Gasteiger partial charge is 0.488 e. The van der Waals surface area contributed by atoms with Crippen molar-refractivity contribution in [3.8, 4) is 17.2 Å². The highest BCUT2D eigenvalue weighted by Crippen LogP contribution is 2.32. The van der Waals surface area contributed by atoms with Gasteiger partial charge >= 0.3 is 0 Å². The molecule has 4 heteroatoms. The van der Waals surface area contributed by atoms with E-state index in [1.165, 1.54) is 12.1 Å². The summed E-state index contributed by atoms with van der Waals surface area (Å²) in [6, 6.07) is 13.4. The van der Waals surface area contributed by atoms with Gasteiger partial charge in [0.25, 0.3) is 0 Å². The van der Waals surface area contributed by atoms with E-state index in [4.69, 9.17) is 15.2 Å². The lowest BCUT2D eigenvalue weighted by Gasteiger charge is -2.17. The summed E-state index contributed by atoms with van der Waals surface area (Å²) in [5.41, 5.74) is 6.02. The Morgan fingerprint density at radius 3 is 2.45 bits per heavy atom. The summed E-state index contributed by atoms with van der Waals surface area (Å²) in [7, 11) is 0. The smallest absolute Gasteiger partial charge is 0.172 e. The molecule has 2 rings (SSSR count). The number of para-hydroxylation sites is 1. The van der Waals surface area contributed by atoms with E-state index in [0.717, 1.165) is 6.42 Å². The van der Waals surface area contributed by atoms with Gasteiger partial charge in [-0.05, 0) is 36.6 Å². The number of halogens is 1. The second kappa shape index (κ2) is 7.80. The number of nitrogens with two attached hydrogens (primary N) is 1. The summed E-state index contributed by atoms with van der Waals surface area (Å²) in [6.07, 6.45) is 0.871. The van der Waals surface area contributed by atoms with Crippen molar-refractivity contribution in [3.63, 3.8) is 0 Å². The van der Waals surface area contributed by atoms with Crippen LogP contribution in [0.4, 0.5) is 4.39 Å². The van der Waals surface area contributed by atoms with Gasteiger partial charge in [-0.25, -0.2) is 4.39 Å². The minimum Gasteiger partial charge on any atom is -0.488 e. The minimum atomic E-state index is -0.371. The molecule has 0 spiro atoms. The van der Waals surface area contributed by atoms with Crippen molar-refractivity contribution in [2.75, 3.05) is 6.61 Å². The highest BCUT2D eigenvalue weighted by molar-refractivity contribution is 5.43. The molecule has 118 valence electrons. The number of ether oxygens (including phenoxy) is 2. The third-order valence-corrected chi connectivity index (χ3v) is 3.10. The van der Waals surface area contributed by atoms with Gasteiger partial charge in [-0.1, -0.05) is 32.0 Å². The van der Waals surface area contributed by atoms with Crippen molar-refractivity contribution in [2.45, 2.75) is 26.3 Å². The van der Waals surface area contributed by atoms with Crippen LogP contribution in [0.5, 0.6) is 17.2 Å². The fraction of sp³-hybridized carbons (Fsp3) is 0.333. The van der Waals surface area contributed by atoms with Crippen molar-refractivity contribution >= 4 is 0 Å². The summed E-state index contributed by atoms with van der Waals surface area (Å²) in [5.74, 6) is 1.61. The Morgan fingerprint density at radius 2 is 1.77 bits per heavy atom. The SMILES string of the molecule is CC(C)C[C@@H](N)COc1ccc(F)cc1Oc1ccccc1. The van der Waals surface area contributed by atoms with Crippen molar-refractivity contribution in [3.05, 3.63) is 54.3 Å². The number of hydrogen-bond donors (Lipinski definition) is 1. The van der Waals surface area contributed by atoms with Gasteiger partial charge in [0, 0.05) is 12.1 Å². The van der Waals surface area contributed by atoms with E-state index >= 15 is 0 Å². The Labute approximate surface area is 130 Å². The molecule has 2 aromatic carbocycles. The van der Waals surface area contributed by atoms with Crippen LogP contribution in [0.1, 0.15) is 20.3 Å². The lowest BCUT2D eigenvalue weighted by atomic mass is 10.1. The zero-order valence-corrected chi connectivity index (χ0v) is 13.0. The summed E-state index contributed by atoms with van der Waals surface area (Å²) < 4.78 is 24.9. The first kappa shape index (κ1) is 16.3. The van der Waals surface area contributed by atoms with Gasteiger partial charge in [0.15, 0.2) is 11.5 Å². The molecule has 0 bridgehead atoms. The molecule has 0 heterocycles. The van der Waals surface area contributed by atoms with Gasteiger partial charge < -0.3 is 15.2 Å². The van der Waals surface area contributed by atoms with Crippen LogP contribution in [-0.2, 0) is 0 Å². The van der Waals surface area contributed by atoms with Gasteiger partial charge in [-0.2, -0.15) is 0 Å². The quantitative estimate of drug-likeness (QED) is 0.826. The topological polar surface area (TPSA) is 44.5 Å². The van der Waals surface area contributed by atoms with E-state index in [0.29, 0.717) is 29.8 Å². The van der Waals surface area contributed by atoms with E-state index in [1.807, 2.05) is 18.2 Å². The first-order chi connectivity index (χ1) is 10.5. The maximum Gasteiger partial charge on any atom is 0.172 e. The van der Waals surface area contributed by atoms with Crippen molar-refractivity contribution in [1.29, 1.82) is 0 Å². The maximum atomic E-state index is 13.5. The van der Waals surface area contributed by atoms with Crippen molar-refractivity contribution in [2.24, 2.45) is 11.7 Å². The predicted molar refractivity (Wildman–Crippen MR) is 85.8 cm³/mol. The monoisotopic (exact) mass is 303 g/mol. The average molecular weight is 303 g/mol. The fourth-order valence-corrected chi connectivity index (χ4v) is 2.17. The minimum absolute atomic E-state index is 0.0605. The zero-order valence-electron chi connectivity index (χ0n) is 13.0. The first-order valence-electron chi connectivity index (χ1n) is 7.45. The van der Waals surface area contributed by atoms with Crippen LogP contribution in [0.2, 0.25) is 0 Å². The van der Waals surface area contributed by atoms with Gasteiger partial charge in [-0.3, -0.25) is 0 Å². The summed E-state index contributed by atoms with van der Waals surface area (Å²) in [4.78, 5) is 0. The Bertz CT molecular complexity index is 587. The molecule has 0 saturated heterocycles. The second-order valence-corrected chi connectivity index (χ2v) is 5.71. The van der Waals surface area contributed by atoms with Crippen molar-refractivity contribution < 1.29 is 13.9 Å². The summed E-state index contributed by atoms with van der Waals surface area (Å²) in [5, 5.41) is 0. The number of benzene rings is 2. The Kier molecular flexibility index (Phi) is 5.78. The molecule has 0 radical (unpaired) electrons. The molecular formula is C18H22FNO2. The van der Waals surface area contributed by atoms with E-state index in [9.17, 15) is 4.39 Å². The van der Waals surface area contributed by atoms with E-state index in [2.05, 4.69) is 13.8 Å². The lowest BCUT2D eigenvalue weighted by Crippen LogP contribution is -2.29. The van der Waals surface area contributed by atoms with Crippen LogP contribution in [-0.4, -0.2) is 12.6 Å². The molecule has 0 amide bonds. The van der Waals surface area contributed by atoms with Crippen LogP contribution >= 0.6 is 0 Å². The standard InChI is InChI=1S/C18H22FNO2/c1-13(2)10-15(20)12-21-17-9-8-14(19)11-18(17)22-16-6-4-3-5-7-16/h3-9,11,13,15H,10,12,20H2,1-2H3/t15-/m1/s1. The van der Waals surface area contributed by atoms with Gasteiger partial charge in [0.2, 0.25) is 0 Å². The Hall–Kier alpha value is -2.07. The van der Waals surface area contributed by atoms with Crippen molar-refractivity contribution in [1.82, 2.24) is 0 Å². The van der Waals surface area contributed by atoms with Crippen LogP contribution < -0.4 is 15.2 Å². The average Bonchev–Trinajstić information content (AvgIpc) is 2.47. The third-order valence-electron chi connectivity index (χ3n) is 3.10. The highest BCUT2D eigenvalue weighted by atomic mass is 19.1. The summed E-state index contributed by atoms with van der Waals surface area (Å²) >= 11 is 0. The van der Waals surface area contributed by atoms with Crippen LogP contribution in [0.3, 0.4) is 0 Å². The van der Waals surface area contributed by atoms with E-state index in [-0.39, 0.29) is 11.9 Å². The maximum absolute atomic E-state index is 13.5. The molecule has 3 nitrogen and oxygen atoms in total. The van der Waals surface area contributed by atoms with E-state index < -0.39 is 0 Å². The molecule has 0 aliphatic rings. The molecule has 0 saturated carbocycles. The highest BCUT2D eigenvalue weighted by Gasteiger charge is 2.11. The molecule has 0 fully saturated rings. The van der Waals surface area contributed by atoms with Gasteiger partial charge in [0.05, 0.1) is 0 Å². The molecule has 22 heavy (non-hydrogen) atoms. The molecule has 2 aromatic rings.